The summed E-state index contributed by atoms with van der Waals surface area (Å²) in [5.41, 5.74) is 1.15. The summed E-state index contributed by atoms with van der Waals surface area (Å²) in [6.07, 6.45) is 1.27. The molecule has 0 aliphatic carbocycles. The van der Waals surface area contributed by atoms with Gasteiger partial charge in [-0.15, -0.1) is 0 Å². The summed E-state index contributed by atoms with van der Waals surface area (Å²) in [4.78, 5) is 11.2. The van der Waals surface area contributed by atoms with Gasteiger partial charge >= 0.3 is 6.16 Å². The summed E-state index contributed by atoms with van der Waals surface area (Å²) in [5.74, 6) is 0.901. The standard InChI is InChI=1S/C17H30O5Si2/c1-19-16-13-14(10-11-15(16)21-17(18)20-2)9-8-12-24(6,7)22-23(3,4)5/h10-11,13H,8-9,12H2,1-7H3. The van der Waals surface area contributed by atoms with Gasteiger partial charge in [-0.2, -0.15) is 0 Å². The number of benzene rings is 1. The third kappa shape index (κ3) is 7.50. The molecule has 5 nitrogen and oxygen atoms in total. The molecule has 0 saturated carbocycles. The minimum atomic E-state index is -1.61. The minimum absolute atomic E-state index is 0.366. The van der Waals surface area contributed by atoms with E-state index in [-0.39, 0.29) is 0 Å². The molecule has 0 aliphatic rings. The van der Waals surface area contributed by atoms with Crippen LogP contribution in [0.5, 0.6) is 11.5 Å². The molecule has 1 aromatic rings. The molecule has 0 N–H and O–H groups in total. The second-order valence-corrected chi connectivity index (χ2v) is 16.4. The Labute approximate surface area is 147 Å². The number of ether oxygens (including phenoxy) is 3. The van der Waals surface area contributed by atoms with Crippen molar-refractivity contribution in [1.29, 1.82) is 0 Å². The Morgan fingerprint density at radius 1 is 1.04 bits per heavy atom. The van der Waals surface area contributed by atoms with E-state index in [9.17, 15) is 4.79 Å². The molecular formula is C17H30O5Si2. The topological polar surface area (TPSA) is 54.0 Å². The molecule has 1 aromatic carbocycles. The summed E-state index contributed by atoms with van der Waals surface area (Å²) in [7, 11) is -0.258. The molecule has 0 spiro atoms. The van der Waals surface area contributed by atoms with Crippen LogP contribution in [0.15, 0.2) is 18.2 Å². The zero-order chi connectivity index (χ0) is 18.4. The number of aryl methyl sites for hydroxylation is 1. The van der Waals surface area contributed by atoms with E-state index < -0.39 is 22.8 Å². The van der Waals surface area contributed by atoms with Gasteiger partial charge in [0, 0.05) is 0 Å². The van der Waals surface area contributed by atoms with Crippen molar-refractivity contribution in [3.05, 3.63) is 23.8 Å². The molecule has 136 valence electrons. The number of carbonyl (C=O) groups excluding carboxylic acids is 1. The van der Waals surface area contributed by atoms with E-state index in [1.165, 1.54) is 7.11 Å². The van der Waals surface area contributed by atoms with Crippen molar-refractivity contribution in [3.63, 3.8) is 0 Å². The Morgan fingerprint density at radius 3 is 2.25 bits per heavy atom. The second-order valence-electron chi connectivity index (χ2n) is 7.37. The van der Waals surface area contributed by atoms with Crippen molar-refractivity contribution >= 4 is 22.8 Å². The van der Waals surface area contributed by atoms with Crippen LogP contribution in [0.4, 0.5) is 4.79 Å². The molecule has 0 radical (unpaired) electrons. The lowest BCUT2D eigenvalue weighted by Crippen LogP contribution is -2.42. The van der Waals surface area contributed by atoms with Gasteiger partial charge in [0.05, 0.1) is 14.2 Å². The lowest BCUT2D eigenvalue weighted by molar-refractivity contribution is 0.120. The van der Waals surface area contributed by atoms with E-state index in [0.29, 0.717) is 11.5 Å². The fourth-order valence-electron chi connectivity index (χ4n) is 2.68. The van der Waals surface area contributed by atoms with E-state index in [0.717, 1.165) is 24.4 Å². The average Bonchev–Trinajstić information content (AvgIpc) is 2.45. The normalized spacial score (nSPS) is 12.0. The highest BCUT2D eigenvalue weighted by atomic mass is 28.4. The Balaban J connectivity index is 2.64. The first-order valence-corrected chi connectivity index (χ1v) is 14.7. The molecule has 0 aromatic heterocycles. The fourth-order valence-corrected chi connectivity index (χ4v) is 10.7. The van der Waals surface area contributed by atoms with Crippen molar-refractivity contribution in [2.75, 3.05) is 14.2 Å². The third-order valence-electron chi connectivity index (χ3n) is 3.41. The Morgan fingerprint density at radius 2 is 1.71 bits per heavy atom. The lowest BCUT2D eigenvalue weighted by Gasteiger charge is -2.31. The molecule has 0 fully saturated rings. The zero-order valence-electron chi connectivity index (χ0n) is 15.9. The van der Waals surface area contributed by atoms with Crippen LogP contribution in [-0.4, -0.2) is 37.0 Å². The van der Waals surface area contributed by atoms with E-state index in [1.54, 1.807) is 13.2 Å². The zero-order valence-corrected chi connectivity index (χ0v) is 17.9. The molecule has 0 bridgehead atoms. The van der Waals surface area contributed by atoms with Crippen molar-refractivity contribution in [3.8, 4) is 11.5 Å². The SMILES string of the molecule is COC(=O)Oc1ccc(CCC[Si](C)(C)O[Si](C)(C)C)cc1OC. The molecule has 24 heavy (non-hydrogen) atoms. The largest absolute Gasteiger partial charge is 0.513 e. The maximum atomic E-state index is 11.2. The van der Waals surface area contributed by atoms with Crippen LogP contribution in [0.3, 0.4) is 0 Å². The molecule has 0 aliphatic heterocycles. The van der Waals surface area contributed by atoms with Gasteiger partial charge in [-0.1, -0.05) is 6.07 Å². The summed E-state index contributed by atoms with van der Waals surface area (Å²) >= 11 is 0. The highest BCUT2D eigenvalue weighted by Gasteiger charge is 2.28. The minimum Gasteiger partial charge on any atom is -0.493 e. The molecule has 0 heterocycles. The summed E-state index contributed by atoms with van der Waals surface area (Å²) in [6, 6.07) is 6.73. The van der Waals surface area contributed by atoms with Crippen molar-refractivity contribution in [1.82, 2.24) is 0 Å². The molecule has 0 amide bonds. The van der Waals surface area contributed by atoms with Crippen LogP contribution in [0.1, 0.15) is 12.0 Å². The molecular weight excluding hydrogens is 340 g/mol. The van der Waals surface area contributed by atoms with Crippen LogP contribution in [0.25, 0.3) is 0 Å². The predicted molar refractivity (Wildman–Crippen MR) is 101 cm³/mol. The van der Waals surface area contributed by atoms with Crippen LogP contribution < -0.4 is 9.47 Å². The first kappa shape index (κ1) is 20.7. The van der Waals surface area contributed by atoms with Gasteiger partial charge in [0.1, 0.15) is 0 Å². The fraction of sp³-hybridized carbons (Fsp3) is 0.588. The summed E-state index contributed by atoms with van der Waals surface area (Å²) in [5, 5.41) is 0. The van der Waals surface area contributed by atoms with Gasteiger partial charge in [0.15, 0.2) is 28.1 Å². The first-order chi connectivity index (χ1) is 11.1. The first-order valence-electron chi connectivity index (χ1n) is 8.19. The van der Waals surface area contributed by atoms with Crippen LogP contribution >= 0.6 is 0 Å². The van der Waals surface area contributed by atoms with Crippen molar-refractivity contribution < 1.29 is 23.1 Å². The smallest absolute Gasteiger partial charge is 0.493 e. The molecule has 0 saturated heterocycles. The summed E-state index contributed by atoms with van der Waals surface area (Å²) < 4.78 is 21.2. The Hall–Kier alpha value is -1.32. The van der Waals surface area contributed by atoms with Gasteiger partial charge in [-0.05, 0) is 69.3 Å². The molecule has 0 unspecified atom stereocenters. The van der Waals surface area contributed by atoms with E-state index in [4.69, 9.17) is 13.6 Å². The van der Waals surface area contributed by atoms with Crippen molar-refractivity contribution in [2.45, 2.75) is 51.6 Å². The summed E-state index contributed by atoms with van der Waals surface area (Å²) in [6.45, 7) is 11.3. The van der Waals surface area contributed by atoms with E-state index in [1.807, 2.05) is 12.1 Å². The maximum absolute atomic E-state index is 11.2. The van der Waals surface area contributed by atoms with Gasteiger partial charge in [-0.3, -0.25) is 0 Å². The van der Waals surface area contributed by atoms with E-state index in [2.05, 4.69) is 37.5 Å². The number of rotatable bonds is 8. The average molecular weight is 371 g/mol. The third-order valence-corrected chi connectivity index (χ3v) is 9.63. The molecule has 0 atom stereocenters. The Bertz CT molecular complexity index is 552. The van der Waals surface area contributed by atoms with Gasteiger partial charge in [-0.25, -0.2) is 4.79 Å². The van der Waals surface area contributed by atoms with Crippen LogP contribution in [0, 0.1) is 0 Å². The number of methoxy groups -OCH3 is 2. The van der Waals surface area contributed by atoms with Gasteiger partial charge in [0.2, 0.25) is 0 Å². The predicted octanol–water partition coefficient (Wildman–Crippen LogP) is 4.83. The number of hydrogen-bond donors (Lipinski definition) is 0. The molecule has 7 heteroatoms. The Kier molecular flexibility index (Phi) is 7.50. The van der Waals surface area contributed by atoms with Crippen LogP contribution in [-0.2, 0) is 15.3 Å². The molecule has 1 rings (SSSR count). The quantitative estimate of drug-likeness (QED) is 0.373. The highest BCUT2D eigenvalue weighted by molar-refractivity contribution is 6.84. The van der Waals surface area contributed by atoms with Gasteiger partial charge in [0.25, 0.3) is 0 Å². The van der Waals surface area contributed by atoms with Gasteiger partial charge < -0.3 is 18.3 Å². The lowest BCUT2D eigenvalue weighted by atomic mass is 10.1. The number of carbonyl (C=O) groups is 1. The second kappa shape index (κ2) is 8.68. The highest BCUT2D eigenvalue weighted by Crippen LogP contribution is 2.29. The maximum Gasteiger partial charge on any atom is 0.513 e. The number of hydrogen-bond acceptors (Lipinski definition) is 5. The van der Waals surface area contributed by atoms with E-state index >= 15 is 0 Å². The van der Waals surface area contributed by atoms with Crippen LogP contribution in [0.2, 0.25) is 38.8 Å². The van der Waals surface area contributed by atoms with Crippen molar-refractivity contribution in [2.24, 2.45) is 0 Å². The monoisotopic (exact) mass is 370 g/mol.